The number of rotatable bonds is 9. The monoisotopic (exact) mass is 586 g/mol. The topological polar surface area (TPSA) is 0 Å². The van der Waals surface area contributed by atoms with Gasteiger partial charge < -0.3 is 0 Å². The second-order valence-electron chi connectivity index (χ2n) is 13.1. The van der Waals surface area contributed by atoms with Crippen LogP contribution in [0.5, 0.6) is 0 Å². The first kappa shape index (κ1) is 29.5. The maximum Gasteiger partial charge on any atom is -0.00264 e. The Hall–Kier alpha value is -4.16. The van der Waals surface area contributed by atoms with Gasteiger partial charge in [0.1, 0.15) is 0 Å². The van der Waals surface area contributed by atoms with Crippen LogP contribution in [0.3, 0.4) is 0 Å². The average Bonchev–Trinajstić information content (AvgIpc) is 3.39. The summed E-state index contributed by atoms with van der Waals surface area (Å²) in [4.78, 5) is 0. The first-order valence-electron chi connectivity index (χ1n) is 17.4. The molecule has 0 saturated heterocycles. The number of hydrogen-bond acceptors (Lipinski definition) is 0. The molecule has 0 aromatic heterocycles. The lowest BCUT2D eigenvalue weighted by atomic mass is 9.79. The molecule has 0 unspecified atom stereocenters. The maximum absolute atomic E-state index is 2.55. The number of fused-ring (bicyclic) bond motifs is 4. The SMILES string of the molecule is CCc1cccc(C(CC)CC)c1-c1ccc(-c2c(C)cccc2C(CC)CC)c2cc3c(cc12)-c1cccc2cccc-3c12. The quantitative estimate of drug-likeness (QED) is 0.158. The highest BCUT2D eigenvalue weighted by atomic mass is 14.3. The third-order valence-corrected chi connectivity index (χ3v) is 10.9. The zero-order valence-corrected chi connectivity index (χ0v) is 27.9. The predicted octanol–water partition coefficient (Wildman–Crippen LogP) is 13.7. The van der Waals surface area contributed by atoms with Crippen LogP contribution in [0.4, 0.5) is 0 Å². The van der Waals surface area contributed by atoms with Gasteiger partial charge in [-0.1, -0.05) is 120 Å². The van der Waals surface area contributed by atoms with E-state index < -0.39 is 0 Å². The van der Waals surface area contributed by atoms with E-state index in [1.165, 1.54) is 88.3 Å². The van der Waals surface area contributed by atoms with Crippen molar-refractivity contribution in [1.29, 1.82) is 0 Å². The van der Waals surface area contributed by atoms with E-state index >= 15 is 0 Å². The van der Waals surface area contributed by atoms with Crippen LogP contribution in [0, 0.1) is 6.92 Å². The second kappa shape index (κ2) is 12.0. The van der Waals surface area contributed by atoms with Gasteiger partial charge in [-0.3, -0.25) is 0 Å². The Morgan fingerprint density at radius 3 is 1.49 bits per heavy atom. The van der Waals surface area contributed by atoms with Crippen LogP contribution in [0.2, 0.25) is 0 Å². The molecule has 0 N–H and O–H groups in total. The van der Waals surface area contributed by atoms with Gasteiger partial charge in [-0.2, -0.15) is 0 Å². The molecule has 0 nitrogen and oxygen atoms in total. The summed E-state index contributed by atoms with van der Waals surface area (Å²) >= 11 is 0. The van der Waals surface area contributed by atoms with Crippen LogP contribution >= 0.6 is 0 Å². The minimum Gasteiger partial charge on any atom is -0.0648 e. The summed E-state index contributed by atoms with van der Waals surface area (Å²) in [6.07, 6.45) is 5.64. The second-order valence-corrected chi connectivity index (χ2v) is 13.1. The third kappa shape index (κ3) is 4.64. The number of aryl methyl sites for hydroxylation is 2. The van der Waals surface area contributed by atoms with Gasteiger partial charge in [0, 0.05) is 0 Å². The van der Waals surface area contributed by atoms with Gasteiger partial charge in [0.2, 0.25) is 0 Å². The maximum atomic E-state index is 2.55. The minimum absolute atomic E-state index is 0.546. The minimum atomic E-state index is 0.546. The van der Waals surface area contributed by atoms with Crippen LogP contribution in [0.25, 0.3) is 66.1 Å². The molecule has 6 aromatic carbocycles. The molecule has 0 spiro atoms. The Kier molecular flexibility index (Phi) is 7.86. The van der Waals surface area contributed by atoms with E-state index in [2.05, 4.69) is 139 Å². The molecule has 0 heterocycles. The van der Waals surface area contributed by atoms with Crippen molar-refractivity contribution in [2.24, 2.45) is 0 Å². The molecule has 0 fully saturated rings. The van der Waals surface area contributed by atoms with Crippen LogP contribution in [0.15, 0.2) is 97.1 Å². The lowest BCUT2D eigenvalue weighted by Gasteiger charge is -2.25. The van der Waals surface area contributed by atoms with E-state index in [-0.39, 0.29) is 0 Å². The van der Waals surface area contributed by atoms with Gasteiger partial charge in [0.15, 0.2) is 0 Å². The molecule has 0 amide bonds. The highest BCUT2D eigenvalue weighted by Crippen LogP contribution is 2.52. The fraction of sp³-hybridized carbons (Fsp3) is 0.289. The van der Waals surface area contributed by atoms with Crippen molar-refractivity contribution >= 4 is 21.5 Å². The molecule has 0 atom stereocenters. The zero-order chi connectivity index (χ0) is 31.2. The molecular formula is C45H46. The molecule has 6 aromatic rings. The Labute approximate surface area is 270 Å². The van der Waals surface area contributed by atoms with Crippen molar-refractivity contribution in [1.82, 2.24) is 0 Å². The normalized spacial score (nSPS) is 12.2. The summed E-state index contributed by atoms with van der Waals surface area (Å²) in [5.74, 6) is 1.09. The molecule has 0 bridgehead atoms. The van der Waals surface area contributed by atoms with Gasteiger partial charge in [-0.05, 0) is 151 Å². The van der Waals surface area contributed by atoms with Crippen LogP contribution in [-0.4, -0.2) is 0 Å². The van der Waals surface area contributed by atoms with Gasteiger partial charge in [-0.25, -0.2) is 0 Å². The Morgan fingerprint density at radius 2 is 0.956 bits per heavy atom. The standard InChI is InChI=1S/C45H46/c1-7-29(8-2)33-20-12-16-28(6)43(33)37-24-25-38(44-31(11-5)17-13-21-34(44)30(9-3)10-4)42-27-40-36-23-15-19-32-18-14-22-35(45(32)36)39(40)26-41(37)42/h12-27,29-30H,7-11H2,1-6H3. The largest absolute Gasteiger partial charge is 0.0648 e. The first-order chi connectivity index (χ1) is 22.0. The van der Waals surface area contributed by atoms with E-state index in [1.54, 1.807) is 0 Å². The molecule has 1 aliphatic rings. The lowest BCUT2D eigenvalue weighted by Crippen LogP contribution is -2.03. The Bertz CT molecular complexity index is 2040. The fourth-order valence-electron chi connectivity index (χ4n) is 8.50. The summed E-state index contributed by atoms with van der Waals surface area (Å²) < 4.78 is 0. The summed E-state index contributed by atoms with van der Waals surface area (Å²) in [5, 5.41) is 5.48. The van der Waals surface area contributed by atoms with Crippen molar-refractivity contribution in [3.8, 4) is 44.5 Å². The van der Waals surface area contributed by atoms with Crippen LogP contribution in [0.1, 0.15) is 94.4 Å². The highest BCUT2D eigenvalue weighted by Gasteiger charge is 2.26. The number of hydrogen-bond donors (Lipinski definition) is 0. The molecule has 45 heavy (non-hydrogen) atoms. The summed E-state index contributed by atoms with van der Waals surface area (Å²) in [6.45, 7) is 14.0. The third-order valence-electron chi connectivity index (χ3n) is 10.9. The highest BCUT2D eigenvalue weighted by molar-refractivity contribution is 6.20. The van der Waals surface area contributed by atoms with Gasteiger partial charge in [0.25, 0.3) is 0 Å². The molecular weight excluding hydrogens is 540 g/mol. The van der Waals surface area contributed by atoms with Crippen LogP contribution < -0.4 is 0 Å². The smallest absolute Gasteiger partial charge is 0.00264 e. The van der Waals surface area contributed by atoms with Gasteiger partial charge in [0.05, 0.1) is 0 Å². The molecule has 0 radical (unpaired) electrons. The van der Waals surface area contributed by atoms with Crippen molar-refractivity contribution in [2.45, 2.75) is 85.5 Å². The fourth-order valence-corrected chi connectivity index (χ4v) is 8.50. The molecule has 0 saturated carbocycles. The van der Waals surface area contributed by atoms with Crippen LogP contribution in [-0.2, 0) is 6.42 Å². The molecule has 226 valence electrons. The van der Waals surface area contributed by atoms with E-state index in [1.807, 2.05) is 0 Å². The average molecular weight is 587 g/mol. The lowest BCUT2D eigenvalue weighted by molar-refractivity contribution is 0.642. The summed E-state index contributed by atoms with van der Waals surface area (Å²) in [7, 11) is 0. The number of benzene rings is 6. The van der Waals surface area contributed by atoms with Crippen molar-refractivity contribution < 1.29 is 0 Å². The van der Waals surface area contributed by atoms with E-state index in [4.69, 9.17) is 0 Å². The summed E-state index contributed by atoms with van der Waals surface area (Å²) in [6, 6.07) is 37.7. The van der Waals surface area contributed by atoms with Crippen molar-refractivity contribution in [3.63, 3.8) is 0 Å². The summed E-state index contributed by atoms with van der Waals surface area (Å²) in [5.41, 5.74) is 16.9. The molecule has 7 rings (SSSR count). The van der Waals surface area contributed by atoms with Crippen molar-refractivity contribution in [3.05, 3.63) is 119 Å². The first-order valence-corrected chi connectivity index (χ1v) is 17.4. The van der Waals surface area contributed by atoms with Gasteiger partial charge in [-0.15, -0.1) is 0 Å². The van der Waals surface area contributed by atoms with E-state index in [0.717, 1.165) is 32.1 Å². The molecule has 0 aliphatic heterocycles. The van der Waals surface area contributed by atoms with Gasteiger partial charge >= 0.3 is 0 Å². The molecule has 0 heteroatoms. The molecule has 1 aliphatic carbocycles. The van der Waals surface area contributed by atoms with E-state index in [0.29, 0.717) is 11.8 Å². The van der Waals surface area contributed by atoms with E-state index in [9.17, 15) is 0 Å². The predicted molar refractivity (Wildman–Crippen MR) is 198 cm³/mol. The zero-order valence-electron chi connectivity index (χ0n) is 27.9. The van der Waals surface area contributed by atoms with Crippen molar-refractivity contribution in [2.75, 3.05) is 0 Å². The Balaban J connectivity index is 1.62. The Morgan fingerprint density at radius 1 is 0.467 bits per heavy atom.